The van der Waals surface area contributed by atoms with Crippen molar-refractivity contribution in [3.63, 3.8) is 0 Å². The van der Waals surface area contributed by atoms with E-state index in [1.165, 1.54) is 30.5 Å². The van der Waals surface area contributed by atoms with Crippen molar-refractivity contribution in [1.82, 2.24) is 35.2 Å². The molecule has 2 saturated carbocycles. The number of hydrogen-bond acceptors (Lipinski definition) is 18. The third-order valence-corrected chi connectivity index (χ3v) is 15.2. The van der Waals surface area contributed by atoms with Crippen molar-refractivity contribution in [3.05, 3.63) is 115 Å². The van der Waals surface area contributed by atoms with E-state index < -0.39 is 78.6 Å². The zero-order valence-corrected chi connectivity index (χ0v) is 48.0. The van der Waals surface area contributed by atoms with Crippen molar-refractivity contribution in [2.24, 2.45) is 5.73 Å². The van der Waals surface area contributed by atoms with Crippen LogP contribution in [0.4, 0.5) is 57.5 Å². The molecular weight excluding hydrogens is 1180 g/mol. The first-order valence-electron chi connectivity index (χ1n) is 26.1. The lowest BCUT2D eigenvalue weighted by atomic mass is 9.91. The van der Waals surface area contributed by atoms with Gasteiger partial charge in [0.05, 0.1) is 58.3 Å². The highest BCUT2D eigenvalue weighted by Gasteiger charge is 2.32. The standard InChI is InChI=1S/C26H31FN6O3.C25H27F4N5O3S.C3H4ClF3O2S/c1-26(2,3)36-25(34)32-17-8-6-16(7-9-17)31-24-30-14-12-22(33-24)19-5-4-13-29-23(19)35-18-10-11-21(28)20(27)15-18;26-21-14-19(8-3-16(21)15-38(35,36)13-10-25(27,28)29)37-23-20(2-1-11-31-23)22-9-12-32-24(34-22)33-18-6-4-17(30)5-7-18;4-10(8,9)2-1-3(5,6)7/h4-5,10-17H,6-9,28H2,1-3H3,(H,32,34)(H,30,31,33);1-3,8-9,11-12,14,17-18H,4-7,10,13,15,30H2,(H,32,33,34);1-2H2. The first kappa shape index (κ1) is 65.9. The van der Waals surface area contributed by atoms with Crippen LogP contribution in [0.2, 0.25) is 0 Å². The summed E-state index contributed by atoms with van der Waals surface area (Å²) in [4.78, 5) is 38.4. The number of nitrogens with two attached hydrogens (primary N) is 2. The number of aromatic nitrogens is 6. The Morgan fingerprint density at radius 1 is 0.631 bits per heavy atom. The molecule has 30 heteroatoms. The lowest BCUT2D eigenvalue weighted by Crippen LogP contribution is -2.42. The molecule has 0 aliphatic heterocycles. The molecule has 2 aromatic carbocycles. The third kappa shape index (κ3) is 23.1. The maximum atomic E-state index is 14.7. The van der Waals surface area contributed by atoms with E-state index in [1.807, 2.05) is 26.8 Å². The molecule has 456 valence electrons. The number of alkyl carbamates (subject to hydrolysis) is 1. The van der Waals surface area contributed by atoms with Crippen LogP contribution in [0.3, 0.4) is 0 Å². The largest absolute Gasteiger partial charge is 0.444 e. The molecule has 84 heavy (non-hydrogen) atoms. The number of pyridine rings is 2. The van der Waals surface area contributed by atoms with Crippen molar-refractivity contribution < 1.29 is 71.0 Å². The highest BCUT2D eigenvalue weighted by molar-refractivity contribution is 8.13. The van der Waals surface area contributed by atoms with E-state index in [2.05, 4.69) is 56.5 Å². The molecule has 0 radical (unpaired) electrons. The number of amides is 1. The minimum Gasteiger partial charge on any atom is -0.444 e. The van der Waals surface area contributed by atoms with Gasteiger partial charge in [0, 0.05) is 77.3 Å². The van der Waals surface area contributed by atoms with E-state index >= 15 is 0 Å². The van der Waals surface area contributed by atoms with E-state index in [4.69, 9.17) is 25.7 Å². The molecule has 2 fully saturated rings. The predicted molar refractivity (Wildman–Crippen MR) is 299 cm³/mol. The molecular formula is C54H62ClF8N11O8S2. The molecule has 7 N–H and O–H groups in total. The number of carbonyl (C=O) groups is 1. The van der Waals surface area contributed by atoms with E-state index in [1.54, 1.807) is 55.0 Å². The second-order valence-corrected chi connectivity index (χ2v) is 25.6. The second-order valence-electron chi connectivity index (χ2n) is 20.5. The summed E-state index contributed by atoms with van der Waals surface area (Å²) in [5.74, 6) is -2.84. The summed E-state index contributed by atoms with van der Waals surface area (Å²) >= 11 is 0. The van der Waals surface area contributed by atoms with Crippen LogP contribution >= 0.6 is 10.7 Å². The number of benzene rings is 2. The Hall–Kier alpha value is -7.24. The number of nitrogens with one attached hydrogen (secondary N) is 3. The summed E-state index contributed by atoms with van der Waals surface area (Å²) < 4.78 is 160. The van der Waals surface area contributed by atoms with Gasteiger partial charge < -0.3 is 41.6 Å². The SMILES string of the molecule is CC(C)(C)OC(=O)NC1CCC(Nc2nccc(-c3cccnc3Oc3ccc(N)c(F)c3)n2)CC1.NC1CCC(Nc2nccc(-c3cccnc3Oc3ccc(CS(=O)(=O)CCC(F)(F)F)c(F)c3)n2)CC1.O=S(=O)(Cl)CCC(F)(F)F. The summed E-state index contributed by atoms with van der Waals surface area (Å²) in [6, 6.07) is 18.9. The van der Waals surface area contributed by atoms with Crippen molar-refractivity contribution in [1.29, 1.82) is 0 Å². The number of ether oxygens (including phenoxy) is 3. The highest BCUT2D eigenvalue weighted by Crippen LogP contribution is 2.34. The topological polar surface area (TPSA) is 279 Å². The summed E-state index contributed by atoms with van der Waals surface area (Å²) in [5, 5.41) is 9.68. The van der Waals surface area contributed by atoms with Crippen LogP contribution < -0.4 is 36.9 Å². The molecule has 0 spiro atoms. The molecule has 0 atom stereocenters. The number of nitrogen functional groups attached to an aromatic ring is 1. The molecule has 1 amide bonds. The molecule has 4 heterocycles. The minimum atomic E-state index is -4.62. The normalized spacial score (nSPS) is 17.5. The summed E-state index contributed by atoms with van der Waals surface area (Å²) in [6.45, 7) is 5.54. The van der Waals surface area contributed by atoms with Crippen molar-refractivity contribution in [3.8, 4) is 45.8 Å². The molecule has 8 rings (SSSR count). The predicted octanol–water partition coefficient (Wildman–Crippen LogP) is 11.8. The smallest absolute Gasteiger partial charge is 0.407 e. The number of anilines is 3. The Labute approximate surface area is 484 Å². The lowest BCUT2D eigenvalue weighted by molar-refractivity contribution is -0.130. The Kier molecular flexibility index (Phi) is 22.8. The van der Waals surface area contributed by atoms with E-state index in [0.29, 0.717) is 40.3 Å². The average molecular weight is 1240 g/mol. The van der Waals surface area contributed by atoms with Gasteiger partial charge in [-0.25, -0.2) is 60.3 Å². The van der Waals surface area contributed by atoms with Crippen LogP contribution in [-0.2, 0) is 29.4 Å². The van der Waals surface area contributed by atoms with Gasteiger partial charge in [0.1, 0.15) is 28.7 Å². The van der Waals surface area contributed by atoms with Gasteiger partial charge in [-0.3, -0.25) is 0 Å². The molecule has 0 unspecified atom stereocenters. The molecule has 2 aliphatic rings. The number of carbonyl (C=O) groups excluding carboxylic acids is 1. The van der Waals surface area contributed by atoms with Gasteiger partial charge in [0.2, 0.25) is 32.7 Å². The van der Waals surface area contributed by atoms with Crippen LogP contribution in [0, 0.1) is 11.6 Å². The van der Waals surface area contributed by atoms with Crippen LogP contribution in [0.1, 0.15) is 90.5 Å². The Balaban J connectivity index is 0.000000232. The summed E-state index contributed by atoms with van der Waals surface area (Å²) in [5.41, 5.74) is 13.1. The fraction of sp³-hybridized carbons (Fsp3) is 0.426. The average Bonchev–Trinajstić information content (AvgIpc) is 2.78. The van der Waals surface area contributed by atoms with Crippen LogP contribution in [0.25, 0.3) is 22.5 Å². The number of sulfone groups is 1. The first-order valence-corrected chi connectivity index (χ1v) is 30.4. The van der Waals surface area contributed by atoms with Crippen LogP contribution in [0.5, 0.6) is 23.3 Å². The van der Waals surface area contributed by atoms with Crippen LogP contribution in [-0.4, -0.2) is 106 Å². The number of hydrogen-bond donors (Lipinski definition) is 5. The van der Waals surface area contributed by atoms with Gasteiger partial charge in [-0.05, 0) is 127 Å². The third-order valence-electron chi connectivity index (χ3n) is 12.4. The monoisotopic (exact) mass is 1240 g/mol. The fourth-order valence-electron chi connectivity index (χ4n) is 8.30. The Bertz CT molecular complexity index is 3390. The number of rotatable bonds is 17. The van der Waals surface area contributed by atoms with Gasteiger partial charge >= 0.3 is 18.4 Å². The maximum absolute atomic E-state index is 14.7. The molecule has 6 aromatic rings. The van der Waals surface area contributed by atoms with Crippen molar-refractivity contribution >= 4 is 53.2 Å². The molecule has 2 aliphatic carbocycles. The molecule has 4 aromatic heterocycles. The van der Waals surface area contributed by atoms with Gasteiger partial charge in [0.15, 0.2) is 9.84 Å². The van der Waals surface area contributed by atoms with E-state index in [-0.39, 0.29) is 58.9 Å². The Morgan fingerprint density at radius 2 is 1.10 bits per heavy atom. The Morgan fingerprint density at radius 3 is 1.55 bits per heavy atom. The van der Waals surface area contributed by atoms with E-state index in [9.17, 15) is 56.8 Å². The van der Waals surface area contributed by atoms with Gasteiger partial charge in [-0.15, -0.1) is 0 Å². The number of halogens is 9. The fourth-order valence-corrected chi connectivity index (χ4v) is 10.4. The van der Waals surface area contributed by atoms with Gasteiger partial charge in [-0.1, -0.05) is 6.07 Å². The zero-order chi connectivity index (χ0) is 61.5. The highest BCUT2D eigenvalue weighted by atomic mass is 35.7. The van der Waals surface area contributed by atoms with Gasteiger partial charge in [-0.2, -0.15) is 26.3 Å². The zero-order valence-electron chi connectivity index (χ0n) is 45.6. The lowest BCUT2D eigenvalue weighted by Gasteiger charge is -2.30. The first-order chi connectivity index (χ1) is 39.3. The number of nitrogens with zero attached hydrogens (tertiary/aromatic N) is 6. The van der Waals surface area contributed by atoms with Crippen molar-refractivity contribution in [2.75, 3.05) is 27.9 Å². The van der Waals surface area contributed by atoms with E-state index in [0.717, 1.165) is 57.4 Å². The molecule has 0 bridgehead atoms. The second kappa shape index (κ2) is 29.0. The number of alkyl halides is 6. The quantitative estimate of drug-likeness (QED) is 0.0322. The molecule has 19 nitrogen and oxygen atoms in total. The minimum absolute atomic E-state index is 0.0323. The maximum Gasteiger partial charge on any atom is 0.407 e. The van der Waals surface area contributed by atoms with Gasteiger partial charge in [0.25, 0.3) is 0 Å². The van der Waals surface area contributed by atoms with Crippen molar-refractivity contribution in [2.45, 2.75) is 133 Å². The molecule has 0 saturated heterocycles. The van der Waals surface area contributed by atoms with Crippen LogP contribution in [0.15, 0.2) is 97.6 Å². The summed E-state index contributed by atoms with van der Waals surface area (Å²) in [6.07, 6.45) is 1.07. The summed E-state index contributed by atoms with van der Waals surface area (Å²) in [7, 11) is -3.66.